The van der Waals surface area contributed by atoms with Gasteiger partial charge in [-0.25, -0.2) is 5.84 Å². The number of rotatable bonds is 5. The zero-order chi connectivity index (χ0) is 13.4. The Labute approximate surface area is 111 Å². The van der Waals surface area contributed by atoms with Crippen LogP contribution in [-0.4, -0.2) is 43.7 Å². The lowest BCUT2D eigenvalue weighted by Gasteiger charge is -2.39. The Kier molecular flexibility index (Phi) is 6.43. The Balaban J connectivity index is 2.41. The van der Waals surface area contributed by atoms with Crippen LogP contribution >= 0.6 is 0 Å². The second-order valence-electron chi connectivity index (χ2n) is 5.59. The van der Waals surface area contributed by atoms with Crippen LogP contribution in [0.5, 0.6) is 0 Å². The highest BCUT2D eigenvalue weighted by molar-refractivity contribution is 5.79. The summed E-state index contributed by atoms with van der Waals surface area (Å²) in [7, 11) is 0. The van der Waals surface area contributed by atoms with Crippen molar-refractivity contribution in [3.63, 3.8) is 0 Å². The van der Waals surface area contributed by atoms with Crippen molar-refractivity contribution in [2.75, 3.05) is 32.8 Å². The van der Waals surface area contributed by atoms with Gasteiger partial charge in [-0.1, -0.05) is 13.8 Å². The third kappa shape index (κ3) is 5.23. The maximum atomic E-state index is 5.58. The molecule has 18 heavy (non-hydrogen) atoms. The van der Waals surface area contributed by atoms with Gasteiger partial charge in [-0.15, -0.1) is 0 Å². The number of guanidine groups is 1. The Hall–Kier alpha value is -0.810. The summed E-state index contributed by atoms with van der Waals surface area (Å²) in [5, 5.41) is 0. The fraction of sp³-hybridized carbons (Fsp3) is 0.923. The van der Waals surface area contributed by atoms with E-state index in [2.05, 4.69) is 29.2 Å². The van der Waals surface area contributed by atoms with Crippen LogP contribution in [0.1, 0.15) is 40.0 Å². The van der Waals surface area contributed by atoms with Gasteiger partial charge in [0.05, 0.1) is 0 Å². The van der Waals surface area contributed by atoms with Gasteiger partial charge < -0.3 is 9.64 Å². The van der Waals surface area contributed by atoms with Crippen LogP contribution in [0.3, 0.4) is 0 Å². The lowest BCUT2D eigenvalue weighted by Crippen LogP contribution is -2.51. The van der Waals surface area contributed by atoms with Crippen LogP contribution < -0.4 is 11.3 Å². The quantitative estimate of drug-likeness (QED) is 0.256. The number of likely N-dealkylation sites (tertiary alicyclic amines) is 1. The summed E-state index contributed by atoms with van der Waals surface area (Å²) >= 11 is 0. The predicted molar refractivity (Wildman–Crippen MR) is 75.3 cm³/mol. The smallest absolute Gasteiger partial charge is 0.208 e. The van der Waals surface area contributed by atoms with Gasteiger partial charge in [0.1, 0.15) is 0 Å². The Bertz CT molecular complexity index is 266. The van der Waals surface area contributed by atoms with Crippen molar-refractivity contribution in [2.24, 2.45) is 16.3 Å². The molecule has 106 valence electrons. The largest absolute Gasteiger partial charge is 0.382 e. The molecule has 1 heterocycles. The Morgan fingerprint density at radius 3 is 2.89 bits per heavy atom. The number of ether oxygens (including phenoxy) is 1. The van der Waals surface area contributed by atoms with Gasteiger partial charge in [0.2, 0.25) is 5.96 Å². The van der Waals surface area contributed by atoms with E-state index in [1.807, 2.05) is 6.92 Å². The van der Waals surface area contributed by atoms with E-state index in [1.54, 1.807) is 0 Å². The second-order valence-corrected chi connectivity index (χ2v) is 5.59. The molecule has 0 aliphatic carbocycles. The molecule has 1 saturated heterocycles. The average Bonchev–Trinajstić information content (AvgIpc) is 2.32. The fourth-order valence-corrected chi connectivity index (χ4v) is 2.34. The molecule has 3 N–H and O–H groups in total. The minimum absolute atomic E-state index is 0.348. The molecular formula is C13H28N4O. The average molecular weight is 256 g/mol. The fourth-order valence-electron chi connectivity index (χ4n) is 2.34. The lowest BCUT2D eigenvalue weighted by atomic mass is 9.84. The second kappa shape index (κ2) is 7.59. The van der Waals surface area contributed by atoms with E-state index in [4.69, 9.17) is 10.6 Å². The molecule has 0 bridgehead atoms. The van der Waals surface area contributed by atoms with Crippen molar-refractivity contribution in [1.29, 1.82) is 0 Å². The van der Waals surface area contributed by atoms with E-state index >= 15 is 0 Å². The van der Waals surface area contributed by atoms with Crippen molar-refractivity contribution >= 4 is 5.96 Å². The molecule has 5 heteroatoms. The first-order chi connectivity index (χ1) is 8.59. The number of nitrogens with one attached hydrogen (secondary N) is 1. The van der Waals surface area contributed by atoms with Crippen LogP contribution in [-0.2, 0) is 4.74 Å². The molecule has 0 atom stereocenters. The number of hydrazine groups is 1. The number of nitrogens with two attached hydrogens (primary N) is 1. The zero-order valence-corrected chi connectivity index (χ0v) is 12.0. The van der Waals surface area contributed by atoms with E-state index in [1.165, 1.54) is 12.8 Å². The highest BCUT2D eigenvalue weighted by Crippen LogP contribution is 2.28. The van der Waals surface area contributed by atoms with Crippen molar-refractivity contribution in [1.82, 2.24) is 10.3 Å². The third-order valence-corrected chi connectivity index (χ3v) is 3.24. The number of hydrogen-bond acceptors (Lipinski definition) is 3. The molecule has 0 radical (unpaired) electrons. The highest BCUT2D eigenvalue weighted by atomic mass is 16.5. The summed E-state index contributed by atoms with van der Waals surface area (Å²) in [6, 6.07) is 0. The Morgan fingerprint density at radius 2 is 2.28 bits per heavy atom. The monoisotopic (exact) mass is 256 g/mol. The molecule has 0 unspecified atom stereocenters. The van der Waals surface area contributed by atoms with Gasteiger partial charge in [-0.3, -0.25) is 10.4 Å². The van der Waals surface area contributed by atoms with Gasteiger partial charge in [-0.05, 0) is 31.6 Å². The van der Waals surface area contributed by atoms with Gasteiger partial charge in [0, 0.05) is 32.8 Å². The topological polar surface area (TPSA) is 62.9 Å². The minimum atomic E-state index is 0.348. The van der Waals surface area contributed by atoms with Crippen molar-refractivity contribution in [2.45, 2.75) is 40.0 Å². The highest BCUT2D eigenvalue weighted by Gasteiger charge is 2.27. The molecule has 0 aromatic heterocycles. The SMILES string of the molecule is CCOCCCN=C(NN)N1CCCC(C)(C)C1. The summed E-state index contributed by atoms with van der Waals surface area (Å²) in [6.45, 7) is 10.9. The van der Waals surface area contributed by atoms with Crippen LogP contribution in [0.4, 0.5) is 0 Å². The summed E-state index contributed by atoms with van der Waals surface area (Å²) in [5.41, 5.74) is 3.08. The number of aliphatic imine (C=N–C) groups is 1. The van der Waals surface area contributed by atoms with Gasteiger partial charge >= 0.3 is 0 Å². The van der Waals surface area contributed by atoms with Gasteiger partial charge in [-0.2, -0.15) is 0 Å². The summed E-state index contributed by atoms with van der Waals surface area (Å²) in [5.74, 6) is 6.40. The summed E-state index contributed by atoms with van der Waals surface area (Å²) in [4.78, 5) is 6.78. The minimum Gasteiger partial charge on any atom is -0.382 e. The van der Waals surface area contributed by atoms with Crippen molar-refractivity contribution < 1.29 is 4.74 Å². The first kappa shape index (κ1) is 15.2. The molecule has 1 rings (SSSR count). The molecule has 0 spiro atoms. The van der Waals surface area contributed by atoms with E-state index in [0.717, 1.165) is 45.2 Å². The summed E-state index contributed by atoms with van der Waals surface area (Å²) in [6.07, 6.45) is 3.41. The lowest BCUT2D eigenvalue weighted by molar-refractivity contribution is 0.146. The maximum Gasteiger partial charge on any atom is 0.208 e. The van der Waals surface area contributed by atoms with Crippen LogP contribution in [0.2, 0.25) is 0 Å². The normalized spacial score (nSPS) is 20.0. The van der Waals surface area contributed by atoms with Gasteiger partial charge in [0.15, 0.2) is 0 Å². The van der Waals surface area contributed by atoms with Crippen molar-refractivity contribution in [3.05, 3.63) is 0 Å². The summed E-state index contributed by atoms with van der Waals surface area (Å²) < 4.78 is 5.29. The van der Waals surface area contributed by atoms with E-state index < -0.39 is 0 Å². The molecule has 0 aromatic rings. The maximum absolute atomic E-state index is 5.58. The third-order valence-electron chi connectivity index (χ3n) is 3.24. The molecule has 1 aliphatic rings. The van der Waals surface area contributed by atoms with Crippen molar-refractivity contribution in [3.8, 4) is 0 Å². The van der Waals surface area contributed by atoms with E-state index in [0.29, 0.717) is 5.41 Å². The predicted octanol–water partition coefficient (Wildman–Crippen LogP) is 1.35. The van der Waals surface area contributed by atoms with Crippen LogP contribution in [0, 0.1) is 5.41 Å². The Morgan fingerprint density at radius 1 is 1.50 bits per heavy atom. The first-order valence-corrected chi connectivity index (χ1v) is 6.93. The van der Waals surface area contributed by atoms with Crippen LogP contribution in [0.15, 0.2) is 4.99 Å². The molecular weight excluding hydrogens is 228 g/mol. The van der Waals surface area contributed by atoms with Crippen LogP contribution in [0.25, 0.3) is 0 Å². The first-order valence-electron chi connectivity index (χ1n) is 6.93. The molecule has 1 fully saturated rings. The van der Waals surface area contributed by atoms with E-state index in [-0.39, 0.29) is 0 Å². The zero-order valence-electron chi connectivity index (χ0n) is 12.0. The molecule has 0 aromatic carbocycles. The standard InChI is InChI=1S/C13H28N4O/c1-4-18-10-6-8-15-12(16-14)17-9-5-7-13(2,3)11-17/h4-11,14H2,1-3H3,(H,15,16). The molecule has 5 nitrogen and oxygen atoms in total. The number of hydrogen-bond donors (Lipinski definition) is 2. The number of piperidine rings is 1. The van der Waals surface area contributed by atoms with Gasteiger partial charge in [0.25, 0.3) is 0 Å². The molecule has 0 amide bonds. The number of nitrogens with zero attached hydrogens (tertiary/aromatic N) is 2. The molecule has 1 aliphatic heterocycles. The van der Waals surface area contributed by atoms with E-state index in [9.17, 15) is 0 Å². The molecule has 0 saturated carbocycles.